The van der Waals surface area contributed by atoms with Crippen molar-refractivity contribution in [2.24, 2.45) is 0 Å². The Bertz CT molecular complexity index is 342. The van der Waals surface area contributed by atoms with Gasteiger partial charge in [0.2, 0.25) is 0 Å². The third-order valence-electron chi connectivity index (χ3n) is 2.33. The van der Waals surface area contributed by atoms with Gasteiger partial charge in [0, 0.05) is 0 Å². The second kappa shape index (κ2) is 6.51. The van der Waals surface area contributed by atoms with Crippen molar-refractivity contribution in [3.05, 3.63) is 35.3 Å². The zero-order valence-corrected chi connectivity index (χ0v) is 10.4. The molecule has 1 aromatic rings. The van der Waals surface area contributed by atoms with Gasteiger partial charge in [0.25, 0.3) is 0 Å². The summed E-state index contributed by atoms with van der Waals surface area (Å²) >= 11 is 0. The van der Waals surface area contributed by atoms with Gasteiger partial charge in [0.15, 0.2) is 0 Å². The highest BCUT2D eigenvalue weighted by atomic mass is 16.5. The topological polar surface area (TPSA) is 34.4 Å². The van der Waals surface area contributed by atoms with Crippen LogP contribution >= 0.6 is 0 Å². The molecular formula is C13H21NO2. The van der Waals surface area contributed by atoms with E-state index in [0.29, 0.717) is 13.2 Å². The molecule has 1 rings (SSSR count). The van der Waals surface area contributed by atoms with E-state index >= 15 is 0 Å². The van der Waals surface area contributed by atoms with E-state index < -0.39 is 0 Å². The molecule has 0 atom stereocenters. The molecule has 0 radical (unpaired) electrons. The smallest absolute Gasteiger partial charge is 0.130 e. The van der Waals surface area contributed by atoms with Crippen LogP contribution in [0, 0.1) is 6.92 Å². The Morgan fingerprint density at radius 3 is 2.94 bits per heavy atom. The van der Waals surface area contributed by atoms with Crippen LogP contribution in [0.15, 0.2) is 22.6 Å². The lowest BCUT2D eigenvalue weighted by Crippen LogP contribution is -2.04. The molecule has 0 fully saturated rings. The van der Waals surface area contributed by atoms with E-state index in [0.717, 1.165) is 30.1 Å². The maximum absolute atomic E-state index is 5.65. The molecule has 0 saturated carbocycles. The standard InChI is InChI=1S/C13H21NO2/c1-10(2)5-6-15-9-12-7-11(3)13(16-12)8-14-4/h7,14H,1,5-6,8-9H2,2-4H3. The number of hydrogen-bond donors (Lipinski definition) is 1. The van der Waals surface area contributed by atoms with Crippen molar-refractivity contribution in [3.63, 3.8) is 0 Å². The van der Waals surface area contributed by atoms with Crippen LogP contribution in [0.3, 0.4) is 0 Å². The van der Waals surface area contributed by atoms with Crippen LogP contribution in [-0.2, 0) is 17.9 Å². The molecule has 0 unspecified atom stereocenters. The van der Waals surface area contributed by atoms with E-state index in [1.807, 2.05) is 27.0 Å². The van der Waals surface area contributed by atoms with Crippen LogP contribution in [-0.4, -0.2) is 13.7 Å². The fourth-order valence-corrected chi connectivity index (χ4v) is 1.42. The molecule has 3 heteroatoms. The first-order chi connectivity index (χ1) is 7.63. The van der Waals surface area contributed by atoms with E-state index in [2.05, 4.69) is 11.9 Å². The van der Waals surface area contributed by atoms with Crippen LogP contribution in [0.4, 0.5) is 0 Å². The van der Waals surface area contributed by atoms with Gasteiger partial charge < -0.3 is 14.5 Å². The molecule has 0 aromatic carbocycles. The SMILES string of the molecule is C=C(C)CCOCc1cc(C)c(CNC)o1. The normalized spacial score (nSPS) is 10.7. The minimum Gasteiger partial charge on any atom is -0.462 e. The zero-order chi connectivity index (χ0) is 12.0. The summed E-state index contributed by atoms with van der Waals surface area (Å²) in [7, 11) is 1.91. The second-order valence-corrected chi connectivity index (χ2v) is 4.11. The molecule has 0 spiro atoms. The zero-order valence-electron chi connectivity index (χ0n) is 10.4. The van der Waals surface area contributed by atoms with Gasteiger partial charge in [-0.1, -0.05) is 5.57 Å². The van der Waals surface area contributed by atoms with E-state index in [-0.39, 0.29) is 0 Å². The third-order valence-corrected chi connectivity index (χ3v) is 2.33. The van der Waals surface area contributed by atoms with Crippen molar-refractivity contribution in [3.8, 4) is 0 Å². The fourth-order valence-electron chi connectivity index (χ4n) is 1.42. The van der Waals surface area contributed by atoms with Crippen molar-refractivity contribution in [2.45, 2.75) is 33.4 Å². The summed E-state index contributed by atoms with van der Waals surface area (Å²) in [4.78, 5) is 0. The van der Waals surface area contributed by atoms with E-state index in [4.69, 9.17) is 9.15 Å². The summed E-state index contributed by atoms with van der Waals surface area (Å²) in [5, 5.41) is 3.07. The molecule has 1 heterocycles. The minimum absolute atomic E-state index is 0.540. The Labute approximate surface area is 97.5 Å². The summed E-state index contributed by atoms with van der Waals surface area (Å²) in [6.07, 6.45) is 0.906. The lowest BCUT2D eigenvalue weighted by Gasteiger charge is -2.01. The van der Waals surface area contributed by atoms with Crippen molar-refractivity contribution < 1.29 is 9.15 Å². The van der Waals surface area contributed by atoms with Crippen molar-refractivity contribution in [1.29, 1.82) is 0 Å². The highest BCUT2D eigenvalue weighted by Gasteiger charge is 2.06. The summed E-state index contributed by atoms with van der Waals surface area (Å²) in [6.45, 7) is 9.89. The average Bonchev–Trinajstić information content (AvgIpc) is 2.55. The molecule has 3 nitrogen and oxygen atoms in total. The number of nitrogens with one attached hydrogen (secondary N) is 1. The van der Waals surface area contributed by atoms with Gasteiger partial charge in [0.05, 0.1) is 13.2 Å². The number of furan rings is 1. The summed E-state index contributed by atoms with van der Waals surface area (Å²) < 4.78 is 11.2. The summed E-state index contributed by atoms with van der Waals surface area (Å²) in [6, 6.07) is 2.04. The van der Waals surface area contributed by atoms with E-state index in [1.54, 1.807) is 0 Å². The van der Waals surface area contributed by atoms with Crippen molar-refractivity contribution in [2.75, 3.05) is 13.7 Å². The number of rotatable bonds is 7. The Kier molecular flexibility index (Phi) is 5.29. The van der Waals surface area contributed by atoms with E-state index in [1.165, 1.54) is 5.56 Å². The second-order valence-electron chi connectivity index (χ2n) is 4.11. The molecule has 1 N–H and O–H groups in total. The molecule has 0 bridgehead atoms. The van der Waals surface area contributed by atoms with Gasteiger partial charge in [-0.25, -0.2) is 0 Å². The molecule has 0 aliphatic heterocycles. The van der Waals surface area contributed by atoms with Crippen LogP contribution in [0.25, 0.3) is 0 Å². The highest BCUT2D eigenvalue weighted by molar-refractivity contribution is 5.19. The maximum Gasteiger partial charge on any atom is 0.130 e. The molecule has 0 amide bonds. The van der Waals surface area contributed by atoms with Crippen LogP contribution in [0.2, 0.25) is 0 Å². The first-order valence-corrected chi connectivity index (χ1v) is 5.58. The summed E-state index contributed by atoms with van der Waals surface area (Å²) in [5.41, 5.74) is 2.32. The van der Waals surface area contributed by atoms with Crippen molar-refractivity contribution >= 4 is 0 Å². The van der Waals surface area contributed by atoms with Gasteiger partial charge in [0.1, 0.15) is 18.1 Å². The minimum atomic E-state index is 0.540. The first kappa shape index (κ1) is 13.0. The quantitative estimate of drug-likeness (QED) is 0.570. The molecular weight excluding hydrogens is 202 g/mol. The van der Waals surface area contributed by atoms with Crippen LogP contribution < -0.4 is 5.32 Å². The Balaban J connectivity index is 2.36. The fraction of sp³-hybridized carbons (Fsp3) is 0.538. The first-order valence-electron chi connectivity index (χ1n) is 5.58. The van der Waals surface area contributed by atoms with Gasteiger partial charge in [-0.05, 0) is 38.9 Å². The van der Waals surface area contributed by atoms with Crippen molar-refractivity contribution in [1.82, 2.24) is 5.32 Å². The molecule has 90 valence electrons. The lowest BCUT2D eigenvalue weighted by molar-refractivity contribution is 0.108. The van der Waals surface area contributed by atoms with E-state index in [9.17, 15) is 0 Å². The molecule has 1 aromatic heterocycles. The summed E-state index contributed by atoms with van der Waals surface area (Å²) in [5.74, 6) is 1.88. The Morgan fingerprint density at radius 1 is 1.56 bits per heavy atom. The Morgan fingerprint density at radius 2 is 2.31 bits per heavy atom. The molecule has 16 heavy (non-hydrogen) atoms. The van der Waals surface area contributed by atoms with Gasteiger partial charge >= 0.3 is 0 Å². The van der Waals surface area contributed by atoms with Gasteiger partial charge in [-0.3, -0.25) is 0 Å². The predicted molar refractivity (Wildman–Crippen MR) is 65.3 cm³/mol. The Hall–Kier alpha value is -1.06. The molecule has 0 saturated heterocycles. The monoisotopic (exact) mass is 223 g/mol. The maximum atomic E-state index is 5.65. The van der Waals surface area contributed by atoms with Gasteiger partial charge in [-0.2, -0.15) is 0 Å². The lowest BCUT2D eigenvalue weighted by atomic mass is 10.2. The molecule has 0 aliphatic carbocycles. The predicted octanol–water partition coefficient (Wildman–Crippen LogP) is 2.79. The highest BCUT2D eigenvalue weighted by Crippen LogP contribution is 2.15. The number of hydrogen-bond acceptors (Lipinski definition) is 3. The van der Waals surface area contributed by atoms with Crippen LogP contribution in [0.5, 0.6) is 0 Å². The van der Waals surface area contributed by atoms with Crippen LogP contribution in [0.1, 0.15) is 30.4 Å². The third kappa shape index (κ3) is 4.21. The largest absolute Gasteiger partial charge is 0.462 e. The number of aryl methyl sites for hydroxylation is 1. The average molecular weight is 223 g/mol. The number of ether oxygens (including phenoxy) is 1. The molecule has 0 aliphatic rings. The van der Waals surface area contributed by atoms with Gasteiger partial charge in [-0.15, -0.1) is 6.58 Å².